The highest BCUT2D eigenvalue weighted by molar-refractivity contribution is 9.10. The fraction of sp³-hybridized carbons (Fsp3) is 0.0769. The Morgan fingerprint density at radius 1 is 1.33 bits per heavy atom. The van der Waals surface area contributed by atoms with Gasteiger partial charge in [-0.05, 0) is 45.8 Å². The molecule has 0 radical (unpaired) electrons. The first-order valence-corrected chi connectivity index (χ1v) is 6.60. The number of hydrogen-bond donors (Lipinski definition) is 1. The largest absolute Gasteiger partial charge is 0.320 e. The Morgan fingerprint density at radius 2 is 2.17 bits per heavy atom. The van der Waals surface area contributed by atoms with Crippen molar-refractivity contribution in [1.29, 1.82) is 0 Å². The van der Waals surface area contributed by atoms with Gasteiger partial charge in [0.1, 0.15) is 4.60 Å². The number of pyridine rings is 1. The summed E-state index contributed by atoms with van der Waals surface area (Å²) in [6, 6.07) is 10.7. The molecule has 1 aromatic heterocycles. The number of halogens is 2. The maximum atomic E-state index is 12.0. The molecule has 0 aliphatic heterocycles. The van der Waals surface area contributed by atoms with Gasteiger partial charge in [0.05, 0.1) is 5.69 Å². The second kappa shape index (κ2) is 5.98. The van der Waals surface area contributed by atoms with Crippen LogP contribution in [-0.2, 0) is 5.88 Å². The summed E-state index contributed by atoms with van der Waals surface area (Å²) < 4.78 is 0.604. The summed E-state index contributed by atoms with van der Waals surface area (Å²) in [6.45, 7) is 0. The van der Waals surface area contributed by atoms with E-state index in [1.807, 2.05) is 12.1 Å². The second-order valence-electron chi connectivity index (χ2n) is 3.63. The van der Waals surface area contributed by atoms with Gasteiger partial charge < -0.3 is 5.32 Å². The summed E-state index contributed by atoms with van der Waals surface area (Å²) in [5, 5.41) is 2.79. The molecule has 0 atom stereocenters. The molecule has 0 spiro atoms. The van der Waals surface area contributed by atoms with Crippen LogP contribution in [0.1, 0.15) is 15.9 Å². The molecular formula is C13H10BrClN2O. The van der Waals surface area contributed by atoms with Crippen LogP contribution in [0, 0.1) is 0 Å². The lowest BCUT2D eigenvalue weighted by Crippen LogP contribution is -2.12. The van der Waals surface area contributed by atoms with Crippen molar-refractivity contribution in [3.05, 3.63) is 58.3 Å². The number of rotatable bonds is 3. The van der Waals surface area contributed by atoms with E-state index >= 15 is 0 Å². The van der Waals surface area contributed by atoms with Crippen LogP contribution in [0.15, 0.2) is 47.2 Å². The minimum absolute atomic E-state index is 0.185. The number of nitrogens with zero attached hydrogens (tertiary/aromatic N) is 1. The molecule has 0 unspecified atom stereocenters. The van der Waals surface area contributed by atoms with E-state index in [0.29, 0.717) is 21.7 Å². The molecule has 3 nitrogen and oxygen atoms in total. The summed E-state index contributed by atoms with van der Waals surface area (Å²) in [5.41, 5.74) is 2.12. The molecule has 1 aromatic carbocycles. The van der Waals surface area contributed by atoms with E-state index in [0.717, 1.165) is 5.56 Å². The summed E-state index contributed by atoms with van der Waals surface area (Å²) in [5.74, 6) is 0.202. The third-order valence-corrected chi connectivity index (χ3v) is 3.29. The molecule has 18 heavy (non-hydrogen) atoms. The summed E-state index contributed by atoms with van der Waals surface area (Å²) in [4.78, 5) is 16.1. The number of amides is 1. The van der Waals surface area contributed by atoms with Gasteiger partial charge in [-0.3, -0.25) is 4.79 Å². The lowest BCUT2D eigenvalue weighted by Gasteiger charge is -2.07. The average Bonchev–Trinajstić information content (AvgIpc) is 2.41. The molecule has 2 aromatic rings. The van der Waals surface area contributed by atoms with E-state index in [1.54, 1.807) is 30.5 Å². The Morgan fingerprint density at radius 3 is 2.89 bits per heavy atom. The first-order chi connectivity index (χ1) is 8.70. The van der Waals surface area contributed by atoms with E-state index in [2.05, 4.69) is 26.2 Å². The molecular weight excluding hydrogens is 316 g/mol. The zero-order valence-corrected chi connectivity index (χ0v) is 11.7. The number of anilines is 1. The van der Waals surface area contributed by atoms with Gasteiger partial charge in [0.25, 0.3) is 5.91 Å². The molecule has 0 aliphatic carbocycles. The lowest BCUT2D eigenvalue weighted by atomic mass is 10.1. The predicted molar refractivity (Wildman–Crippen MR) is 75.9 cm³/mol. The molecule has 0 aliphatic rings. The Bertz CT molecular complexity index is 574. The van der Waals surface area contributed by atoms with Gasteiger partial charge in [0, 0.05) is 17.6 Å². The van der Waals surface area contributed by atoms with Crippen LogP contribution in [-0.4, -0.2) is 10.9 Å². The van der Waals surface area contributed by atoms with Gasteiger partial charge in [-0.2, -0.15) is 0 Å². The number of alkyl halides is 1. The number of carbonyl (C=O) groups excluding carboxylic acids is 1. The van der Waals surface area contributed by atoms with Crippen LogP contribution in [0.25, 0.3) is 0 Å². The van der Waals surface area contributed by atoms with Gasteiger partial charge in [0.2, 0.25) is 0 Å². The summed E-state index contributed by atoms with van der Waals surface area (Å²) in [7, 11) is 0. The Kier molecular flexibility index (Phi) is 4.33. The molecule has 0 saturated carbocycles. The minimum Gasteiger partial charge on any atom is -0.320 e. The van der Waals surface area contributed by atoms with Crippen molar-refractivity contribution in [2.45, 2.75) is 5.88 Å². The summed E-state index contributed by atoms with van der Waals surface area (Å²) in [6.07, 6.45) is 1.65. The molecule has 0 saturated heterocycles. The maximum Gasteiger partial charge on any atom is 0.255 e. The molecule has 1 amide bonds. The highest BCUT2D eigenvalue weighted by Gasteiger charge is 2.08. The smallest absolute Gasteiger partial charge is 0.255 e. The molecule has 2 rings (SSSR count). The van der Waals surface area contributed by atoms with Crippen molar-refractivity contribution in [2.24, 2.45) is 0 Å². The highest BCUT2D eigenvalue weighted by Crippen LogP contribution is 2.19. The van der Waals surface area contributed by atoms with E-state index < -0.39 is 0 Å². The Labute approximate surface area is 118 Å². The fourth-order valence-electron chi connectivity index (χ4n) is 1.47. The first kappa shape index (κ1) is 13.1. The van der Waals surface area contributed by atoms with E-state index in [-0.39, 0.29) is 5.91 Å². The van der Waals surface area contributed by atoms with Crippen LogP contribution in [0.5, 0.6) is 0 Å². The summed E-state index contributed by atoms with van der Waals surface area (Å²) >= 11 is 9.02. The van der Waals surface area contributed by atoms with Crippen molar-refractivity contribution in [3.8, 4) is 0 Å². The number of carbonyl (C=O) groups is 1. The van der Waals surface area contributed by atoms with Crippen LogP contribution < -0.4 is 5.32 Å². The second-order valence-corrected chi connectivity index (χ2v) is 4.65. The first-order valence-electron chi connectivity index (χ1n) is 5.27. The fourth-order valence-corrected chi connectivity index (χ4v) is 1.99. The quantitative estimate of drug-likeness (QED) is 0.688. The van der Waals surface area contributed by atoms with Crippen LogP contribution in [0.3, 0.4) is 0 Å². The van der Waals surface area contributed by atoms with Gasteiger partial charge >= 0.3 is 0 Å². The molecule has 92 valence electrons. The maximum absolute atomic E-state index is 12.0. The van der Waals surface area contributed by atoms with Crippen molar-refractivity contribution >= 4 is 39.1 Å². The van der Waals surface area contributed by atoms with Crippen molar-refractivity contribution < 1.29 is 4.79 Å². The number of hydrogen-bond acceptors (Lipinski definition) is 2. The lowest BCUT2D eigenvalue weighted by molar-refractivity contribution is 0.102. The third-order valence-electron chi connectivity index (χ3n) is 2.35. The van der Waals surface area contributed by atoms with Gasteiger partial charge in [0.15, 0.2) is 0 Å². The molecule has 1 N–H and O–H groups in total. The van der Waals surface area contributed by atoms with Crippen LogP contribution in [0.4, 0.5) is 5.69 Å². The normalized spacial score (nSPS) is 10.1. The number of nitrogens with one attached hydrogen (secondary N) is 1. The number of benzene rings is 1. The molecule has 5 heteroatoms. The van der Waals surface area contributed by atoms with Crippen LogP contribution in [0.2, 0.25) is 0 Å². The van der Waals surface area contributed by atoms with Crippen molar-refractivity contribution in [2.75, 3.05) is 5.32 Å². The molecule has 0 bridgehead atoms. The van der Waals surface area contributed by atoms with Crippen molar-refractivity contribution in [1.82, 2.24) is 4.98 Å². The van der Waals surface area contributed by atoms with Crippen molar-refractivity contribution in [3.63, 3.8) is 0 Å². The van der Waals surface area contributed by atoms with Gasteiger partial charge in [-0.15, -0.1) is 11.6 Å². The number of aromatic nitrogens is 1. The molecule has 1 heterocycles. The van der Waals surface area contributed by atoms with E-state index in [9.17, 15) is 4.79 Å². The minimum atomic E-state index is -0.185. The van der Waals surface area contributed by atoms with E-state index in [1.165, 1.54) is 0 Å². The van der Waals surface area contributed by atoms with Gasteiger partial charge in [-0.1, -0.05) is 12.1 Å². The van der Waals surface area contributed by atoms with Crippen LogP contribution >= 0.6 is 27.5 Å². The Balaban J connectivity index is 2.19. The predicted octanol–water partition coefficient (Wildman–Crippen LogP) is 3.84. The third kappa shape index (κ3) is 3.09. The zero-order chi connectivity index (χ0) is 13.0. The zero-order valence-electron chi connectivity index (χ0n) is 9.36. The SMILES string of the molecule is O=C(Nc1cccnc1Br)c1cccc(CCl)c1. The van der Waals surface area contributed by atoms with E-state index in [4.69, 9.17) is 11.6 Å². The highest BCUT2D eigenvalue weighted by atomic mass is 79.9. The molecule has 0 fully saturated rings. The van der Waals surface area contributed by atoms with Gasteiger partial charge in [-0.25, -0.2) is 4.98 Å². The Hall–Kier alpha value is -1.39. The monoisotopic (exact) mass is 324 g/mol. The standard InChI is InChI=1S/C13H10BrClN2O/c14-12-11(5-2-6-16-12)17-13(18)10-4-1-3-9(7-10)8-15/h1-7H,8H2,(H,17,18). The topological polar surface area (TPSA) is 42.0 Å². The average molecular weight is 326 g/mol.